The Bertz CT molecular complexity index is 690. The molecule has 1 aromatic heterocycles. The van der Waals surface area contributed by atoms with Gasteiger partial charge in [0.2, 0.25) is 0 Å². The van der Waals surface area contributed by atoms with E-state index in [2.05, 4.69) is 5.32 Å². The molecule has 6 nitrogen and oxygen atoms in total. The molecule has 0 radical (unpaired) electrons. The maximum absolute atomic E-state index is 12.2. The fourth-order valence-corrected chi connectivity index (χ4v) is 5.02. The summed E-state index contributed by atoms with van der Waals surface area (Å²) in [5.41, 5.74) is 1.46. The largest absolute Gasteiger partial charge is 0.465 e. The number of nitrogens with one attached hydrogen (secondary N) is 1. The van der Waals surface area contributed by atoms with Crippen LogP contribution in [-0.4, -0.2) is 31.6 Å². The van der Waals surface area contributed by atoms with Crippen LogP contribution in [0.15, 0.2) is 0 Å². The number of carbonyl (C=O) groups is 3. The third kappa shape index (κ3) is 4.26. The minimum atomic E-state index is -0.428. The predicted molar refractivity (Wildman–Crippen MR) is 98.5 cm³/mol. The molecule has 1 saturated carbocycles. The normalized spacial score (nSPS) is 17.3. The number of hydrogen-bond donors (Lipinski definition) is 1. The minimum Gasteiger partial charge on any atom is -0.465 e. The average molecular weight is 379 g/mol. The molecule has 2 aliphatic rings. The molecule has 3 rings (SSSR count). The summed E-state index contributed by atoms with van der Waals surface area (Å²) in [5, 5.41) is 3.26. The van der Waals surface area contributed by atoms with Crippen LogP contribution in [0.5, 0.6) is 0 Å². The molecular formula is C19H25NO5S. The van der Waals surface area contributed by atoms with E-state index in [1.165, 1.54) is 18.4 Å². The Morgan fingerprint density at radius 2 is 1.81 bits per heavy atom. The number of carbonyl (C=O) groups excluding carboxylic acids is 3. The van der Waals surface area contributed by atoms with Gasteiger partial charge in [0.05, 0.1) is 18.6 Å². The monoisotopic (exact) mass is 379 g/mol. The van der Waals surface area contributed by atoms with Crippen molar-refractivity contribution >= 4 is 34.2 Å². The van der Waals surface area contributed by atoms with Crippen molar-refractivity contribution in [3.05, 3.63) is 16.0 Å². The van der Waals surface area contributed by atoms with Gasteiger partial charge in [-0.05, 0) is 44.1 Å². The number of amides is 1. The summed E-state index contributed by atoms with van der Waals surface area (Å²) in [5.74, 6) is -1.22. The molecule has 7 heteroatoms. The first-order valence-electron chi connectivity index (χ1n) is 9.29. The molecule has 0 aliphatic heterocycles. The van der Waals surface area contributed by atoms with Gasteiger partial charge in [0.25, 0.3) is 5.91 Å². The Labute approximate surface area is 157 Å². The van der Waals surface area contributed by atoms with Crippen LogP contribution in [0, 0.1) is 5.92 Å². The molecule has 142 valence electrons. The lowest BCUT2D eigenvalue weighted by Gasteiger charge is -2.10. The van der Waals surface area contributed by atoms with Gasteiger partial charge in [-0.1, -0.05) is 19.3 Å². The van der Waals surface area contributed by atoms with Crippen molar-refractivity contribution in [3.63, 3.8) is 0 Å². The van der Waals surface area contributed by atoms with Crippen molar-refractivity contribution in [2.24, 2.45) is 5.92 Å². The second-order valence-corrected chi connectivity index (χ2v) is 8.00. The Morgan fingerprint density at radius 3 is 2.54 bits per heavy atom. The third-order valence-corrected chi connectivity index (χ3v) is 6.31. The number of hydrogen-bond acceptors (Lipinski definition) is 6. The number of aryl methyl sites for hydroxylation is 1. The van der Waals surface area contributed by atoms with E-state index in [9.17, 15) is 14.4 Å². The van der Waals surface area contributed by atoms with E-state index in [4.69, 9.17) is 9.47 Å². The second-order valence-electron chi connectivity index (χ2n) is 6.90. The molecule has 0 saturated heterocycles. The summed E-state index contributed by atoms with van der Waals surface area (Å²) in [6, 6.07) is 0. The molecule has 0 unspecified atom stereocenters. The highest BCUT2D eigenvalue weighted by atomic mass is 32.1. The molecule has 0 aromatic carbocycles. The van der Waals surface area contributed by atoms with Gasteiger partial charge in [-0.15, -0.1) is 11.3 Å². The number of fused-ring (bicyclic) bond motifs is 1. The van der Waals surface area contributed by atoms with E-state index in [1.807, 2.05) is 0 Å². The van der Waals surface area contributed by atoms with Gasteiger partial charge in [0.15, 0.2) is 6.61 Å². The zero-order chi connectivity index (χ0) is 18.5. The number of esters is 2. The SMILES string of the molecule is COC(=O)c1c(NC(=O)COC(=O)C2CCCC2)sc2c1CCCCC2. The third-order valence-electron chi connectivity index (χ3n) is 5.10. The topological polar surface area (TPSA) is 81.7 Å². The second kappa shape index (κ2) is 8.66. The summed E-state index contributed by atoms with van der Waals surface area (Å²) < 4.78 is 10.1. The van der Waals surface area contributed by atoms with E-state index in [1.54, 1.807) is 0 Å². The Hall–Kier alpha value is -1.89. The van der Waals surface area contributed by atoms with Crippen molar-refractivity contribution in [2.45, 2.75) is 57.8 Å². The summed E-state index contributed by atoms with van der Waals surface area (Å²) in [6.07, 6.45) is 8.74. The summed E-state index contributed by atoms with van der Waals surface area (Å²) >= 11 is 1.43. The lowest BCUT2D eigenvalue weighted by molar-refractivity contribution is -0.151. The Morgan fingerprint density at radius 1 is 1.08 bits per heavy atom. The Balaban J connectivity index is 1.67. The van der Waals surface area contributed by atoms with Gasteiger partial charge in [-0.3, -0.25) is 9.59 Å². The number of methoxy groups -OCH3 is 1. The molecule has 0 bridgehead atoms. The van der Waals surface area contributed by atoms with Crippen molar-refractivity contribution in [1.82, 2.24) is 0 Å². The van der Waals surface area contributed by atoms with Crippen molar-refractivity contribution in [2.75, 3.05) is 19.0 Å². The first kappa shape index (κ1) is 18.9. The quantitative estimate of drug-likeness (QED) is 0.626. The summed E-state index contributed by atoms with van der Waals surface area (Å²) in [7, 11) is 1.35. The number of thiophene rings is 1. The van der Waals surface area contributed by atoms with Crippen molar-refractivity contribution < 1.29 is 23.9 Å². The predicted octanol–water partition coefficient (Wildman–Crippen LogP) is 3.48. The molecular weight excluding hydrogens is 354 g/mol. The first-order chi connectivity index (χ1) is 12.6. The average Bonchev–Trinajstić information content (AvgIpc) is 3.22. The number of rotatable bonds is 5. The molecule has 26 heavy (non-hydrogen) atoms. The van der Waals surface area contributed by atoms with Crippen LogP contribution in [-0.2, 0) is 31.9 Å². The molecule has 1 fully saturated rings. The lowest BCUT2D eigenvalue weighted by atomic mass is 10.1. The maximum atomic E-state index is 12.2. The maximum Gasteiger partial charge on any atom is 0.341 e. The molecule has 1 N–H and O–H groups in total. The van der Waals surface area contributed by atoms with Crippen LogP contribution < -0.4 is 5.32 Å². The zero-order valence-corrected chi connectivity index (χ0v) is 15.9. The van der Waals surface area contributed by atoms with Gasteiger partial charge in [0.1, 0.15) is 5.00 Å². The van der Waals surface area contributed by atoms with Crippen LogP contribution in [0.1, 0.15) is 65.7 Å². The summed E-state index contributed by atoms with van der Waals surface area (Å²) in [4.78, 5) is 37.6. The molecule has 1 aromatic rings. The van der Waals surface area contributed by atoms with Gasteiger partial charge in [-0.25, -0.2) is 4.79 Å². The van der Waals surface area contributed by atoms with Gasteiger partial charge < -0.3 is 14.8 Å². The van der Waals surface area contributed by atoms with Gasteiger partial charge >= 0.3 is 11.9 Å². The van der Waals surface area contributed by atoms with Crippen LogP contribution in [0.25, 0.3) is 0 Å². The highest BCUT2D eigenvalue weighted by Gasteiger charge is 2.27. The van der Waals surface area contributed by atoms with E-state index < -0.39 is 11.9 Å². The van der Waals surface area contributed by atoms with Crippen molar-refractivity contribution in [3.8, 4) is 0 Å². The van der Waals surface area contributed by atoms with Gasteiger partial charge in [-0.2, -0.15) is 0 Å². The highest BCUT2D eigenvalue weighted by Crippen LogP contribution is 2.38. The molecule has 0 spiro atoms. The summed E-state index contributed by atoms with van der Waals surface area (Å²) in [6.45, 7) is -0.321. The van der Waals surface area contributed by atoms with E-state index in [0.29, 0.717) is 10.6 Å². The fraction of sp³-hybridized carbons (Fsp3) is 0.632. The molecule has 1 heterocycles. The molecule has 2 aliphatic carbocycles. The number of anilines is 1. The molecule has 0 atom stereocenters. The fourth-order valence-electron chi connectivity index (χ4n) is 3.73. The van der Waals surface area contributed by atoms with Gasteiger partial charge in [0, 0.05) is 4.88 Å². The zero-order valence-electron chi connectivity index (χ0n) is 15.1. The van der Waals surface area contributed by atoms with E-state index >= 15 is 0 Å². The van der Waals surface area contributed by atoms with Crippen molar-refractivity contribution in [1.29, 1.82) is 0 Å². The highest BCUT2D eigenvalue weighted by molar-refractivity contribution is 7.17. The van der Waals surface area contributed by atoms with Crippen LogP contribution in [0.3, 0.4) is 0 Å². The lowest BCUT2D eigenvalue weighted by Crippen LogP contribution is -2.24. The standard InChI is InChI=1S/C19H25NO5S/c1-24-19(23)16-13-9-3-2-4-10-14(13)26-17(16)20-15(21)11-25-18(22)12-7-5-6-8-12/h12H,2-11H2,1H3,(H,20,21). The molecule has 1 amide bonds. The first-order valence-corrected chi connectivity index (χ1v) is 10.1. The van der Waals surface area contributed by atoms with Crippen LogP contribution >= 0.6 is 11.3 Å². The van der Waals surface area contributed by atoms with E-state index in [-0.39, 0.29) is 18.5 Å². The minimum absolute atomic E-state index is 0.0776. The number of ether oxygens (including phenoxy) is 2. The van der Waals surface area contributed by atoms with Crippen LogP contribution in [0.4, 0.5) is 5.00 Å². The van der Waals surface area contributed by atoms with E-state index in [0.717, 1.165) is 68.2 Å². The smallest absolute Gasteiger partial charge is 0.341 e. The van der Waals surface area contributed by atoms with Crippen LogP contribution in [0.2, 0.25) is 0 Å². The Kier molecular flexibility index (Phi) is 6.29.